The molecule has 14 rings (SSSR count). The SMILES string of the molecule is c1ccc([Si](c2ccccc2)(c2ccccc2)c2ccc(-n3c4ccccc4c4ccc(-n5c6ccccc6c6cc(-c7ccccc7-n7c8ccccc8c8ccccc87)ccc65)cc43)cc2)cc1. The Morgan fingerprint density at radius 3 is 1.16 bits per heavy atom. The second kappa shape index (κ2) is 16.1. The second-order valence-corrected chi connectivity index (χ2v) is 22.2. The smallest absolute Gasteiger partial charge is 0.179 e. The quantitative estimate of drug-likeness (QED) is 0.107. The summed E-state index contributed by atoms with van der Waals surface area (Å²) in [5.74, 6) is 0. The standard InChI is InChI=1S/C66H45N3Si/c1-4-20-49(21-5-1)70(50-22-6-2-7-23-50,51-24-8-3-9-25-51)52-40-37-47(38-41-52)67-61-32-16-11-29-56(61)58-42-39-48(45-66(58)67)68-62-33-17-14-30-57(62)59-44-46(36-43-65(59)68)53-26-10-15-31-60(53)69-63-34-18-12-27-54(63)55-28-13-19-35-64(55)69/h1-45H. The van der Waals surface area contributed by atoms with Crippen LogP contribution in [0.4, 0.5) is 0 Å². The molecule has 0 unspecified atom stereocenters. The Morgan fingerprint density at radius 1 is 0.229 bits per heavy atom. The van der Waals surface area contributed by atoms with Gasteiger partial charge >= 0.3 is 0 Å². The number of para-hydroxylation sites is 5. The Hall–Kier alpha value is -8.96. The Labute approximate surface area is 407 Å². The largest absolute Gasteiger partial charge is 0.309 e. The highest BCUT2D eigenvalue weighted by Gasteiger charge is 2.41. The summed E-state index contributed by atoms with van der Waals surface area (Å²) in [4.78, 5) is 0. The number of benzene rings is 11. The van der Waals surface area contributed by atoms with Crippen LogP contribution in [-0.2, 0) is 0 Å². The van der Waals surface area contributed by atoms with Crippen molar-refractivity contribution in [3.63, 3.8) is 0 Å². The highest BCUT2D eigenvalue weighted by molar-refractivity contribution is 7.19. The first kappa shape index (κ1) is 40.1. The van der Waals surface area contributed by atoms with Gasteiger partial charge in [0.1, 0.15) is 0 Å². The van der Waals surface area contributed by atoms with Gasteiger partial charge in [-0.1, -0.05) is 206 Å². The van der Waals surface area contributed by atoms with Crippen molar-refractivity contribution in [1.82, 2.24) is 13.7 Å². The fraction of sp³-hybridized carbons (Fsp3) is 0. The van der Waals surface area contributed by atoms with Crippen LogP contribution in [0.3, 0.4) is 0 Å². The number of aromatic nitrogens is 3. The summed E-state index contributed by atoms with van der Waals surface area (Å²) in [6.07, 6.45) is 0. The number of hydrogen-bond donors (Lipinski definition) is 0. The van der Waals surface area contributed by atoms with Crippen molar-refractivity contribution < 1.29 is 0 Å². The number of hydrogen-bond acceptors (Lipinski definition) is 0. The van der Waals surface area contributed by atoms with E-state index in [-0.39, 0.29) is 0 Å². The summed E-state index contributed by atoms with van der Waals surface area (Å²) < 4.78 is 7.35. The van der Waals surface area contributed by atoms with E-state index >= 15 is 0 Å². The van der Waals surface area contributed by atoms with Crippen LogP contribution in [0.5, 0.6) is 0 Å². The van der Waals surface area contributed by atoms with Crippen LogP contribution in [0.2, 0.25) is 0 Å². The molecule has 3 heterocycles. The minimum atomic E-state index is -2.69. The van der Waals surface area contributed by atoms with E-state index in [1.54, 1.807) is 0 Å². The first-order valence-electron chi connectivity index (χ1n) is 24.2. The molecule has 3 nitrogen and oxygen atoms in total. The molecule has 0 amide bonds. The van der Waals surface area contributed by atoms with Crippen LogP contribution in [0.15, 0.2) is 273 Å². The second-order valence-electron chi connectivity index (χ2n) is 18.4. The van der Waals surface area contributed by atoms with Crippen molar-refractivity contribution >= 4 is 94.2 Å². The van der Waals surface area contributed by atoms with Gasteiger partial charge in [0.15, 0.2) is 8.07 Å². The monoisotopic (exact) mass is 907 g/mol. The predicted molar refractivity (Wildman–Crippen MR) is 299 cm³/mol. The molecule has 0 aliphatic rings. The lowest BCUT2D eigenvalue weighted by atomic mass is 10.0. The molecule has 11 aromatic carbocycles. The highest BCUT2D eigenvalue weighted by Crippen LogP contribution is 2.41. The van der Waals surface area contributed by atoms with Gasteiger partial charge < -0.3 is 13.7 Å². The number of rotatable bonds is 8. The molecule has 0 aliphatic carbocycles. The predicted octanol–water partition coefficient (Wildman–Crippen LogP) is 14.0. The van der Waals surface area contributed by atoms with Crippen molar-refractivity contribution in [3.05, 3.63) is 273 Å². The van der Waals surface area contributed by atoms with Crippen LogP contribution in [0.25, 0.3) is 93.6 Å². The average Bonchev–Trinajstić information content (AvgIpc) is 4.07. The van der Waals surface area contributed by atoms with Gasteiger partial charge in [-0.15, -0.1) is 0 Å². The molecule has 328 valence electrons. The van der Waals surface area contributed by atoms with E-state index in [0.717, 1.165) is 11.4 Å². The molecule has 0 fully saturated rings. The van der Waals surface area contributed by atoms with Gasteiger partial charge in [-0.25, -0.2) is 0 Å². The van der Waals surface area contributed by atoms with E-state index in [2.05, 4.69) is 287 Å². The Balaban J connectivity index is 0.935. The molecule has 0 atom stereocenters. The molecule has 0 radical (unpaired) electrons. The minimum Gasteiger partial charge on any atom is -0.309 e. The van der Waals surface area contributed by atoms with Crippen LogP contribution in [0.1, 0.15) is 0 Å². The molecule has 3 aromatic heterocycles. The fourth-order valence-electron chi connectivity index (χ4n) is 11.8. The maximum absolute atomic E-state index is 2.69. The first-order valence-corrected chi connectivity index (χ1v) is 26.2. The molecule has 0 saturated carbocycles. The molecule has 4 heteroatoms. The van der Waals surface area contributed by atoms with Gasteiger partial charge in [-0.3, -0.25) is 0 Å². The van der Waals surface area contributed by atoms with Gasteiger partial charge in [-0.2, -0.15) is 0 Å². The summed E-state index contributed by atoms with van der Waals surface area (Å²) in [6.45, 7) is 0. The highest BCUT2D eigenvalue weighted by atomic mass is 28.3. The Morgan fingerprint density at radius 2 is 0.614 bits per heavy atom. The molecule has 14 aromatic rings. The van der Waals surface area contributed by atoms with E-state index in [9.17, 15) is 0 Å². The first-order chi connectivity index (χ1) is 34.8. The van der Waals surface area contributed by atoms with Gasteiger partial charge in [0.05, 0.1) is 38.8 Å². The molecular weight excluding hydrogens is 863 g/mol. The van der Waals surface area contributed by atoms with Crippen LogP contribution >= 0.6 is 0 Å². The van der Waals surface area contributed by atoms with Crippen molar-refractivity contribution in [2.75, 3.05) is 0 Å². The molecule has 0 spiro atoms. The molecular formula is C66H45N3Si. The summed E-state index contributed by atoms with van der Waals surface area (Å²) in [7, 11) is -2.69. The van der Waals surface area contributed by atoms with E-state index in [1.165, 1.54) is 103 Å². The Kier molecular flexibility index (Phi) is 9.23. The zero-order chi connectivity index (χ0) is 46.2. The van der Waals surface area contributed by atoms with Crippen molar-refractivity contribution in [2.24, 2.45) is 0 Å². The number of fused-ring (bicyclic) bond motifs is 9. The van der Waals surface area contributed by atoms with Gasteiger partial charge in [0, 0.05) is 49.3 Å². The third-order valence-electron chi connectivity index (χ3n) is 14.8. The van der Waals surface area contributed by atoms with Gasteiger partial charge in [0.2, 0.25) is 0 Å². The zero-order valence-corrected chi connectivity index (χ0v) is 39.3. The summed E-state index contributed by atoms with van der Waals surface area (Å²) in [5.41, 5.74) is 12.9. The molecule has 0 saturated heterocycles. The summed E-state index contributed by atoms with van der Waals surface area (Å²) >= 11 is 0. The lowest BCUT2D eigenvalue weighted by molar-refractivity contribution is 1.15. The van der Waals surface area contributed by atoms with Gasteiger partial charge in [0.25, 0.3) is 0 Å². The van der Waals surface area contributed by atoms with E-state index in [4.69, 9.17) is 0 Å². The topological polar surface area (TPSA) is 14.8 Å². The van der Waals surface area contributed by atoms with Crippen LogP contribution < -0.4 is 20.7 Å². The van der Waals surface area contributed by atoms with E-state index in [1.807, 2.05) is 0 Å². The normalized spacial score (nSPS) is 12.0. The zero-order valence-electron chi connectivity index (χ0n) is 38.3. The molecule has 0 N–H and O–H groups in total. The number of nitrogens with zero attached hydrogens (tertiary/aromatic N) is 3. The third-order valence-corrected chi connectivity index (χ3v) is 19.6. The van der Waals surface area contributed by atoms with Crippen molar-refractivity contribution in [3.8, 4) is 28.2 Å². The maximum atomic E-state index is 2.46. The summed E-state index contributed by atoms with van der Waals surface area (Å²) in [6, 6.07) is 101. The summed E-state index contributed by atoms with van der Waals surface area (Å²) in [5, 5.41) is 12.9. The molecule has 70 heavy (non-hydrogen) atoms. The lowest BCUT2D eigenvalue weighted by Gasteiger charge is -2.34. The van der Waals surface area contributed by atoms with E-state index in [0.29, 0.717) is 0 Å². The van der Waals surface area contributed by atoms with Crippen LogP contribution in [-0.4, -0.2) is 21.8 Å². The lowest BCUT2D eigenvalue weighted by Crippen LogP contribution is -2.74. The molecule has 0 bridgehead atoms. The van der Waals surface area contributed by atoms with Crippen molar-refractivity contribution in [1.29, 1.82) is 0 Å². The third kappa shape index (κ3) is 6.00. The molecule has 0 aliphatic heterocycles. The van der Waals surface area contributed by atoms with E-state index < -0.39 is 8.07 Å². The van der Waals surface area contributed by atoms with Crippen molar-refractivity contribution in [2.45, 2.75) is 0 Å². The average molecular weight is 908 g/mol. The maximum Gasteiger partial charge on any atom is 0.179 e. The van der Waals surface area contributed by atoms with Gasteiger partial charge in [-0.05, 0) is 93.0 Å². The Bertz CT molecular complexity index is 4130. The fourth-order valence-corrected chi connectivity index (χ4v) is 16.6. The van der Waals surface area contributed by atoms with Crippen LogP contribution in [0, 0.1) is 0 Å². The minimum absolute atomic E-state index is 1.13.